The zero-order chi connectivity index (χ0) is 36.3. The summed E-state index contributed by atoms with van der Waals surface area (Å²) in [6, 6.07) is 12.2. The molecule has 1 fully saturated rings. The summed E-state index contributed by atoms with van der Waals surface area (Å²) in [5.74, 6) is -1.54. The Morgan fingerprint density at radius 3 is 2.28 bits per heavy atom. The van der Waals surface area contributed by atoms with E-state index in [0.717, 1.165) is 5.56 Å². The lowest BCUT2D eigenvalue weighted by Gasteiger charge is -2.33. The summed E-state index contributed by atoms with van der Waals surface area (Å²) in [6.07, 6.45) is -0.628. The van der Waals surface area contributed by atoms with Gasteiger partial charge in [-0.15, -0.1) is 0 Å². The highest BCUT2D eigenvalue weighted by Crippen LogP contribution is 2.44. The number of hydrogen-bond acceptors (Lipinski definition) is 11. The highest BCUT2D eigenvalue weighted by atomic mass is 32.2. The van der Waals surface area contributed by atoms with Gasteiger partial charge in [-0.25, -0.2) is 13.2 Å². The molecule has 2 aliphatic rings. The summed E-state index contributed by atoms with van der Waals surface area (Å²) in [5, 5.41) is 7.76. The van der Waals surface area contributed by atoms with Crippen LogP contribution < -0.4 is 25.4 Å². The third kappa shape index (κ3) is 6.90. The number of nitrogens with one attached hydrogen (secondary N) is 3. The van der Waals surface area contributed by atoms with Gasteiger partial charge in [0, 0.05) is 30.0 Å². The second-order valence-electron chi connectivity index (χ2n) is 12.1. The Morgan fingerprint density at radius 1 is 0.900 bits per heavy atom. The second kappa shape index (κ2) is 14.7. The first-order chi connectivity index (χ1) is 23.8. The van der Waals surface area contributed by atoms with Crippen LogP contribution in [0.4, 0.5) is 16.2 Å². The number of methoxy groups -OCH3 is 4. The summed E-state index contributed by atoms with van der Waals surface area (Å²) < 4.78 is 48.4. The lowest BCUT2D eigenvalue weighted by Crippen LogP contribution is -2.40. The molecule has 0 saturated carbocycles. The number of fused-ring (bicyclic) bond motifs is 1. The lowest BCUT2D eigenvalue weighted by atomic mass is 9.92. The Morgan fingerprint density at radius 2 is 1.62 bits per heavy atom. The number of likely N-dealkylation sites (tertiary alicyclic amines) is 1. The molecule has 266 valence electrons. The molecule has 1 unspecified atom stereocenters. The molecule has 50 heavy (non-hydrogen) atoms. The Balaban J connectivity index is 1.67. The molecule has 0 aromatic heterocycles. The van der Waals surface area contributed by atoms with E-state index >= 15 is 0 Å². The number of hydrogen-bond donors (Lipinski definition) is 3. The quantitative estimate of drug-likeness (QED) is 0.243. The molecule has 3 amide bonds. The minimum absolute atomic E-state index is 0.0666. The van der Waals surface area contributed by atoms with E-state index < -0.39 is 51.1 Å². The number of nitrogens with zero attached hydrogens (tertiary/aromatic N) is 1. The van der Waals surface area contributed by atoms with E-state index in [2.05, 4.69) is 16.0 Å². The van der Waals surface area contributed by atoms with Crippen molar-refractivity contribution >= 4 is 45.1 Å². The first-order valence-corrected chi connectivity index (χ1v) is 17.4. The molecule has 3 aromatic carbocycles. The molecule has 3 N–H and O–H groups in total. The van der Waals surface area contributed by atoms with Crippen LogP contribution >= 0.6 is 0 Å². The van der Waals surface area contributed by atoms with Gasteiger partial charge < -0.3 is 34.5 Å². The molecule has 14 nitrogen and oxygen atoms in total. The van der Waals surface area contributed by atoms with E-state index in [-0.39, 0.29) is 35.0 Å². The number of sulfone groups is 1. The number of esters is 1. The zero-order valence-electron chi connectivity index (χ0n) is 28.6. The fourth-order valence-corrected chi connectivity index (χ4v) is 7.59. The Hall–Kier alpha value is -5.31. The Labute approximate surface area is 290 Å². The normalized spacial score (nSPS) is 17.4. The predicted octanol–water partition coefficient (Wildman–Crippen LogP) is 4.22. The van der Waals surface area contributed by atoms with Gasteiger partial charge in [-0.3, -0.25) is 19.7 Å². The van der Waals surface area contributed by atoms with Crippen molar-refractivity contribution in [1.29, 1.82) is 0 Å². The molecule has 0 bridgehead atoms. The number of carbonyl (C=O) groups excluding carboxylic acids is 4. The third-order valence-electron chi connectivity index (χ3n) is 8.97. The highest BCUT2D eigenvalue weighted by Gasteiger charge is 2.47. The van der Waals surface area contributed by atoms with Crippen LogP contribution in [0.15, 0.2) is 59.5 Å². The second-order valence-corrected chi connectivity index (χ2v) is 14.6. The summed E-state index contributed by atoms with van der Waals surface area (Å²) in [5.41, 5.74) is 2.55. The van der Waals surface area contributed by atoms with Gasteiger partial charge in [0.2, 0.25) is 5.91 Å². The zero-order valence-corrected chi connectivity index (χ0v) is 29.4. The SMILES string of the molecule is COC(=O)Nc1ccc(S(=O)(=O)C(C)C)c([C@H]2[C@@H](C(=O)OC)CCN2C(=O)C(Nc2ccc3c(c2)C(=O)NC3)c2ccc(OC)c(OC)c2)c1. The van der Waals surface area contributed by atoms with Crippen molar-refractivity contribution in [2.75, 3.05) is 45.6 Å². The fourth-order valence-electron chi connectivity index (χ4n) is 6.32. The molecule has 1 saturated heterocycles. The van der Waals surface area contributed by atoms with Gasteiger partial charge in [-0.1, -0.05) is 12.1 Å². The van der Waals surface area contributed by atoms with Crippen LogP contribution in [-0.4, -0.2) is 77.4 Å². The van der Waals surface area contributed by atoms with Crippen LogP contribution in [0.2, 0.25) is 0 Å². The topological polar surface area (TPSA) is 179 Å². The molecule has 3 atom stereocenters. The van der Waals surface area contributed by atoms with Crippen molar-refractivity contribution in [2.45, 2.75) is 49.0 Å². The maximum absolute atomic E-state index is 15.0. The van der Waals surface area contributed by atoms with E-state index in [0.29, 0.717) is 34.9 Å². The Kier molecular flexibility index (Phi) is 10.6. The van der Waals surface area contributed by atoms with Crippen molar-refractivity contribution in [2.24, 2.45) is 5.92 Å². The lowest BCUT2D eigenvalue weighted by molar-refractivity contribution is -0.147. The molecule has 0 aliphatic carbocycles. The van der Waals surface area contributed by atoms with E-state index in [4.69, 9.17) is 18.9 Å². The van der Waals surface area contributed by atoms with Gasteiger partial charge in [-0.2, -0.15) is 0 Å². The first-order valence-electron chi connectivity index (χ1n) is 15.8. The van der Waals surface area contributed by atoms with Crippen molar-refractivity contribution < 1.29 is 46.5 Å². The summed E-state index contributed by atoms with van der Waals surface area (Å²) in [7, 11) is 1.40. The largest absolute Gasteiger partial charge is 0.493 e. The van der Waals surface area contributed by atoms with Gasteiger partial charge >= 0.3 is 12.1 Å². The number of rotatable bonds is 11. The molecule has 5 rings (SSSR count). The standard InChI is InChI=1S/C35H40N4O10S/c1-19(2)50(44,45)29-12-10-23(38-35(43)49-6)17-26(29)31-24(34(42)48-5)13-14-39(31)33(41)30(20-8-11-27(46-3)28(15-20)47-4)37-22-9-7-21-18-36-32(40)25(21)16-22/h7-12,15-17,19,24,30-31,37H,13-14,18H2,1-6H3,(H,36,40)(H,38,43)/t24-,30?,31+/m0/s1. The Bertz CT molecular complexity index is 1930. The fraction of sp³-hybridized carbons (Fsp3) is 0.371. The van der Waals surface area contributed by atoms with E-state index in [1.165, 1.54) is 65.4 Å². The molecule has 3 aromatic rings. The van der Waals surface area contributed by atoms with E-state index in [1.54, 1.807) is 36.4 Å². The third-order valence-corrected chi connectivity index (χ3v) is 11.2. The maximum atomic E-state index is 15.0. The van der Waals surface area contributed by atoms with Crippen molar-refractivity contribution in [1.82, 2.24) is 10.2 Å². The minimum Gasteiger partial charge on any atom is -0.493 e. The van der Waals surface area contributed by atoms with E-state index in [1.807, 2.05) is 0 Å². The van der Waals surface area contributed by atoms with Crippen LogP contribution in [0.25, 0.3) is 0 Å². The van der Waals surface area contributed by atoms with Gasteiger partial charge in [0.05, 0.1) is 50.5 Å². The van der Waals surface area contributed by atoms with Crippen LogP contribution in [0.1, 0.15) is 59.4 Å². The highest BCUT2D eigenvalue weighted by molar-refractivity contribution is 7.92. The van der Waals surface area contributed by atoms with Gasteiger partial charge in [0.1, 0.15) is 6.04 Å². The average molecular weight is 709 g/mol. The first kappa shape index (κ1) is 36.0. The summed E-state index contributed by atoms with van der Waals surface area (Å²) >= 11 is 0. The van der Waals surface area contributed by atoms with Crippen LogP contribution in [0.5, 0.6) is 11.5 Å². The molecule has 2 heterocycles. The number of ether oxygens (including phenoxy) is 4. The summed E-state index contributed by atoms with van der Waals surface area (Å²) in [6.45, 7) is 3.52. The minimum atomic E-state index is -3.97. The number of amides is 3. The van der Waals surface area contributed by atoms with Crippen molar-refractivity contribution in [3.05, 3.63) is 76.9 Å². The van der Waals surface area contributed by atoms with Crippen LogP contribution in [0.3, 0.4) is 0 Å². The maximum Gasteiger partial charge on any atom is 0.411 e. The summed E-state index contributed by atoms with van der Waals surface area (Å²) in [4.78, 5) is 54.3. The van der Waals surface area contributed by atoms with Gasteiger partial charge in [-0.05, 0) is 79.4 Å². The van der Waals surface area contributed by atoms with Crippen LogP contribution in [-0.2, 0) is 35.4 Å². The molecule has 0 spiro atoms. The predicted molar refractivity (Wildman–Crippen MR) is 183 cm³/mol. The van der Waals surface area contributed by atoms with Crippen molar-refractivity contribution in [3.8, 4) is 11.5 Å². The molecule has 0 radical (unpaired) electrons. The van der Waals surface area contributed by atoms with Gasteiger partial charge in [0.15, 0.2) is 21.3 Å². The average Bonchev–Trinajstić information content (AvgIpc) is 3.73. The molecular weight excluding hydrogens is 668 g/mol. The van der Waals surface area contributed by atoms with Crippen molar-refractivity contribution in [3.63, 3.8) is 0 Å². The molecule has 2 aliphatic heterocycles. The number of carbonyl (C=O) groups is 4. The van der Waals surface area contributed by atoms with Gasteiger partial charge in [0.25, 0.3) is 5.91 Å². The number of anilines is 2. The van der Waals surface area contributed by atoms with E-state index in [9.17, 15) is 27.6 Å². The van der Waals surface area contributed by atoms with Crippen LogP contribution in [0, 0.1) is 5.92 Å². The molecular formula is C35H40N4O10S. The smallest absolute Gasteiger partial charge is 0.411 e. The monoisotopic (exact) mass is 708 g/mol. The molecule has 15 heteroatoms. The number of benzene rings is 3.